The van der Waals surface area contributed by atoms with Crippen molar-refractivity contribution in [3.8, 4) is 11.1 Å². The first-order chi connectivity index (χ1) is 13.2. The molecule has 2 aromatic carbocycles. The molecule has 2 aromatic rings. The molecular formula is C17H20N4O5S2. The summed E-state index contributed by atoms with van der Waals surface area (Å²) in [6, 6.07) is 8.45. The van der Waals surface area contributed by atoms with Gasteiger partial charge in [-0.05, 0) is 35.4 Å². The van der Waals surface area contributed by atoms with Crippen molar-refractivity contribution in [1.82, 2.24) is 9.44 Å². The van der Waals surface area contributed by atoms with Crippen LogP contribution in [0.25, 0.3) is 11.1 Å². The van der Waals surface area contributed by atoms with Gasteiger partial charge in [0.05, 0.1) is 9.79 Å². The smallest absolute Gasteiger partial charge is 0.240 e. The molecule has 0 heterocycles. The van der Waals surface area contributed by atoms with E-state index in [-0.39, 0.29) is 47.1 Å². The third-order valence-electron chi connectivity index (χ3n) is 4.25. The maximum absolute atomic E-state index is 12.8. The molecule has 1 aliphatic rings. The first-order valence-electron chi connectivity index (χ1n) is 8.44. The van der Waals surface area contributed by atoms with Crippen molar-refractivity contribution in [1.29, 1.82) is 0 Å². The Bertz CT molecular complexity index is 1050. The molecule has 0 bridgehead atoms. The highest BCUT2D eigenvalue weighted by molar-refractivity contribution is 7.89. The van der Waals surface area contributed by atoms with Crippen LogP contribution in [0.3, 0.4) is 0 Å². The second kappa shape index (κ2) is 7.70. The Morgan fingerprint density at radius 3 is 1.43 bits per heavy atom. The molecule has 0 saturated heterocycles. The summed E-state index contributed by atoms with van der Waals surface area (Å²) < 4.78 is 53.8. The van der Waals surface area contributed by atoms with Gasteiger partial charge < -0.3 is 11.5 Å². The zero-order valence-electron chi connectivity index (χ0n) is 14.8. The fourth-order valence-electron chi connectivity index (χ4n) is 2.92. The van der Waals surface area contributed by atoms with Crippen molar-refractivity contribution in [2.24, 2.45) is 11.5 Å². The SMILES string of the molecule is NCCNS(=O)(=O)c1ccc2c(c1)C(=O)c1cc(S(=O)(=O)NCCN)ccc1-2. The number of hydrogen-bond acceptors (Lipinski definition) is 7. The molecule has 9 nitrogen and oxygen atoms in total. The summed E-state index contributed by atoms with van der Waals surface area (Å²) in [6.07, 6.45) is 0. The Kier molecular flexibility index (Phi) is 5.66. The van der Waals surface area contributed by atoms with Gasteiger partial charge in [-0.15, -0.1) is 0 Å². The van der Waals surface area contributed by atoms with Gasteiger partial charge in [-0.25, -0.2) is 26.3 Å². The van der Waals surface area contributed by atoms with Gasteiger partial charge in [0.15, 0.2) is 5.78 Å². The van der Waals surface area contributed by atoms with Crippen molar-refractivity contribution >= 4 is 25.8 Å². The first kappa shape index (κ1) is 20.6. The van der Waals surface area contributed by atoms with Gasteiger partial charge in [-0.3, -0.25) is 4.79 Å². The number of fused-ring (bicyclic) bond motifs is 3. The van der Waals surface area contributed by atoms with Crippen molar-refractivity contribution in [3.05, 3.63) is 47.5 Å². The molecule has 0 spiro atoms. The van der Waals surface area contributed by atoms with Gasteiger partial charge in [-0.2, -0.15) is 0 Å². The van der Waals surface area contributed by atoms with E-state index in [1.165, 1.54) is 36.4 Å². The summed E-state index contributed by atoms with van der Waals surface area (Å²) in [5, 5.41) is 0. The largest absolute Gasteiger partial charge is 0.329 e. The predicted octanol–water partition coefficient (Wildman–Crippen LogP) is -0.628. The molecule has 0 radical (unpaired) electrons. The fraction of sp³-hybridized carbons (Fsp3) is 0.235. The minimum absolute atomic E-state index is 0.0571. The number of sulfonamides is 2. The number of benzene rings is 2. The van der Waals surface area contributed by atoms with Crippen LogP contribution in [0.15, 0.2) is 46.2 Å². The number of rotatable bonds is 8. The summed E-state index contributed by atoms with van der Waals surface area (Å²) in [7, 11) is -7.59. The van der Waals surface area contributed by atoms with Crippen molar-refractivity contribution in [2.75, 3.05) is 26.2 Å². The monoisotopic (exact) mass is 424 g/mol. The number of carbonyl (C=O) groups is 1. The van der Waals surface area contributed by atoms with E-state index < -0.39 is 25.8 Å². The lowest BCUT2D eigenvalue weighted by atomic mass is 10.1. The van der Waals surface area contributed by atoms with E-state index in [1.54, 1.807) is 0 Å². The average Bonchev–Trinajstić information content (AvgIpc) is 2.96. The van der Waals surface area contributed by atoms with Crippen molar-refractivity contribution < 1.29 is 21.6 Å². The van der Waals surface area contributed by atoms with E-state index >= 15 is 0 Å². The van der Waals surface area contributed by atoms with Crippen LogP contribution in [-0.2, 0) is 20.0 Å². The van der Waals surface area contributed by atoms with Crippen LogP contribution < -0.4 is 20.9 Å². The Labute approximate surface area is 163 Å². The highest BCUT2D eigenvalue weighted by Gasteiger charge is 2.30. The third kappa shape index (κ3) is 3.72. The molecule has 6 N–H and O–H groups in total. The van der Waals surface area contributed by atoms with E-state index in [2.05, 4.69) is 9.44 Å². The van der Waals surface area contributed by atoms with Crippen LogP contribution in [0.5, 0.6) is 0 Å². The first-order valence-corrected chi connectivity index (χ1v) is 11.4. The van der Waals surface area contributed by atoms with Crippen LogP contribution in [0.1, 0.15) is 15.9 Å². The van der Waals surface area contributed by atoms with Gasteiger partial charge in [0.25, 0.3) is 0 Å². The van der Waals surface area contributed by atoms with Gasteiger partial charge in [0.1, 0.15) is 0 Å². The Hall–Kier alpha value is -2.15. The van der Waals surface area contributed by atoms with Crippen LogP contribution in [0.4, 0.5) is 0 Å². The predicted molar refractivity (Wildman–Crippen MR) is 104 cm³/mol. The molecule has 0 unspecified atom stereocenters. The van der Waals surface area contributed by atoms with Gasteiger partial charge in [0.2, 0.25) is 20.0 Å². The zero-order chi connectivity index (χ0) is 20.5. The molecule has 0 atom stereocenters. The van der Waals surface area contributed by atoms with Crippen molar-refractivity contribution in [3.63, 3.8) is 0 Å². The number of nitrogens with two attached hydrogens (primary N) is 2. The summed E-state index contributed by atoms with van der Waals surface area (Å²) in [4.78, 5) is 12.7. The standard InChI is InChI=1S/C17H20N4O5S2/c18-5-7-20-27(23,24)11-1-3-13-14-4-2-12(28(25,26)21-8-6-19)10-16(14)17(22)15(13)9-11/h1-4,9-10,20-21H,5-8,18-19H2. The minimum Gasteiger partial charge on any atom is -0.329 e. The van der Waals surface area contributed by atoms with E-state index in [1.807, 2.05) is 0 Å². The lowest BCUT2D eigenvalue weighted by molar-refractivity contribution is 0.104. The molecule has 28 heavy (non-hydrogen) atoms. The average molecular weight is 425 g/mol. The van der Waals surface area contributed by atoms with Crippen LogP contribution in [-0.4, -0.2) is 48.8 Å². The molecule has 11 heteroatoms. The summed E-state index contributed by atoms with van der Waals surface area (Å²) >= 11 is 0. The molecule has 0 fully saturated rings. The second-order valence-corrected chi connectivity index (χ2v) is 9.65. The Balaban J connectivity index is 2.01. The maximum Gasteiger partial charge on any atom is 0.240 e. The fourth-order valence-corrected chi connectivity index (χ4v) is 5.07. The highest BCUT2D eigenvalue weighted by atomic mass is 32.2. The van der Waals surface area contributed by atoms with Crippen LogP contribution in [0.2, 0.25) is 0 Å². The minimum atomic E-state index is -3.80. The van der Waals surface area contributed by atoms with Gasteiger partial charge in [0, 0.05) is 37.3 Å². The lowest BCUT2D eigenvalue weighted by Crippen LogP contribution is -2.29. The third-order valence-corrected chi connectivity index (χ3v) is 7.17. The molecule has 1 aliphatic carbocycles. The molecule has 3 rings (SSSR count). The van der Waals surface area contributed by atoms with E-state index in [4.69, 9.17) is 11.5 Å². The molecular weight excluding hydrogens is 404 g/mol. The van der Waals surface area contributed by atoms with Crippen molar-refractivity contribution in [2.45, 2.75) is 9.79 Å². The molecule has 0 saturated carbocycles. The quantitative estimate of drug-likeness (QED) is 0.374. The van der Waals surface area contributed by atoms with E-state index in [0.29, 0.717) is 11.1 Å². The van der Waals surface area contributed by atoms with Gasteiger partial charge in [-0.1, -0.05) is 12.1 Å². The highest BCUT2D eigenvalue weighted by Crippen LogP contribution is 2.38. The topological polar surface area (TPSA) is 161 Å². The lowest BCUT2D eigenvalue weighted by Gasteiger charge is -2.08. The number of ketones is 1. The maximum atomic E-state index is 12.8. The number of carbonyl (C=O) groups excluding carboxylic acids is 1. The molecule has 0 aromatic heterocycles. The van der Waals surface area contributed by atoms with Crippen LogP contribution >= 0.6 is 0 Å². The molecule has 150 valence electrons. The van der Waals surface area contributed by atoms with Gasteiger partial charge >= 0.3 is 0 Å². The summed E-state index contributed by atoms with van der Waals surface area (Å²) in [5.41, 5.74) is 12.2. The zero-order valence-corrected chi connectivity index (χ0v) is 16.4. The normalized spacial score (nSPS) is 13.4. The van der Waals surface area contributed by atoms with E-state index in [0.717, 1.165) is 0 Å². The number of nitrogens with one attached hydrogen (secondary N) is 2. The summed E-state index contributed by atoms with van der Waals surface area (Å²) in [6.45, 7) is 0.434. The second-order valence-electron chi connectivity index (χ2n) is 6.12. The summed E-state index contributed by atoms with van der Waals surface area (Å²) in [5.74, 6) is -0.434. The Morgan fingerprint density at radius 2 is 1.07 bits per heavy atom. The van der Waals surface area contributed by atoms with E-state index in [9.17, 15) is 21.6 Å². The Morgan fingerprint density at radius 1 is 0.679 bits per heavy atom. The number of hydrogen-bond donors (Lipinski definition) is 4. The van der Waals surface area contributed by atoms with Crippen LogP contribution in [0, 0.1) is 0 Å². The molecule has 0 amide bonds. The molecule has 0 aliphatic heterocycles.